The molecule has 0 aromatic rings. The van der Waals surface area contributed by atoms with E-state index in [0.29, 0.717) is 4.90 Å². The number of hydrogen-bond donors (Lipinski definition) is 3. The van der Waals surface area contributed by atoms with E-state index in [0.717, 1.165) is 6.92 Å². The van der Waals surface area contributed by atoms with Gasteiger partial charge in [-0.05, 0) is 0 Å². The number of rotatable bonds is 5. The Kier molecular flexibility index (Phi) is 6.09. The second kappa shape index (κ2) is 6.79. The van der Waals surface area contributed by atoms with Gasteiger partial charge in [0.2, 0.25) is 5.91 Å². The standard InChI is InChI=1S/C8H12F3N3O4/c1-5(15)12-13-6(16)2-14(3-7(17)18)4-8(9,10)11/h2-4H2,1H3,(H,12,15)(H,13,16)(H,17,18). The molecule has 0 saturated carbocycles. The zero-order valence-electron chi connectivity index (χ0n) is 9.37. The summed E-state index contributed by atoms with van der Waals surface area (Å²) in [5, 5.41) is 8.40. The molecule has 0 heterocycles. The van der Waals surface area contributed by atoms with Crippen molar-refractivity contribution in [3.63, 3.8) is 0 Å². The molecule has 0 spiro atoms. The number of carboxylic acid groups (broad SMARTS) is 1. The van der Waals surface area contributed by atoms with Crippen LogP contribution in [0, 0.1) is 0 Å². The molecule has 0 rings (SSSR count). The van der Waals surface area contributed by atoms with E-state index >= 15 is 0 Å². The quantitative estimate of drug-likeness (QED) is 0.563. The zero-order valence-corrected chi connectivity index (χ0v) is 9.37. The first-order chi connectivity index (χ1) is 8.10. The normalized spacial score (nSPS) is 11.2. The highest BCUT2D eigenvalue weighted by Gasteiger charge is 2.32. The molecule has 18 heavy (non-hydrogen) atoms. The lowest BCUT2D eigenvalue weighted by Gasteiger charge is -2.20. The van der Waals surface area contributed by atoms with Gasteiger partial charge in [0.05, 0.1) is 19.6 Å². The minimum atomic E-state index is -4.62. The van der Waals surface area contributed by atoms with Crippen molar-refractivity contribution in [2.45, 2.75) is 13.1 Å². The van der Waals surface area contributed by atoms with Gasteiger partial charge in [0, 0.05) is 6.92 Å². The number of carbonyl (C=O) groups excluding carboxylic acids is 2. The molecule has 7 nitrogen and oxygen atoms in total. The third-order valence-corrected chi connectivity index (χ3v) is 1.51. The van der Waals surface area contributed by atoms with Gasteiger partial charge >= 0.3 is 12.1 Å². The summed E-state index contributed by atoms with van der Waals surface area (Å²) in [5.41, 5.74) is 3.70. The number of nitrogens with zero attached hydrogens (tertiary/aromatic N) is 1. The molecule has 0 aliphatic heterocycles. The second-order valence-electron chi connectivity index (χ2n) is 3.38. The first kappa shape index (κ1) is 16.2. The van der Waals surface area contributed by atoms with Crippen LogP contribution in [-0.4, -0.2) is 53.6 Å². The summed E-state index contributed by atoms with van der Waals surface area (Å²) in [6, 6.07) is 0. The van der Waals surface area contributed by atoms with Crippen molar-refractivity contribution in [2.75, 3.05) is 19.6 Å². The van der Waals surface area contributed by atoms with Crippen LogP contribution in [0.25, 0.3) is 0 Å². The van der Waals surface area contributed by atoms with Crippen molar-refractivity contribution >= 4 is 17.8 Å². The second-order valence-corrected chi connectivity index (χ2v) is 3.38. The Morgan fingerprint density at radius 2 is 1.72 bits per heavy atom. The number of alkyl halides is 3. The SMILES string of the molecule is CC(=O)NNC(=O)CN(CC(=O)O)CC(F)(F)F. The number of aliphatic carboxylic acids is 1. The molecular weight excluding hydrogens is 259 g/mol. The van der Waals surface area contributed by atoms with Gasteiger partial charge in [0.15, 0.2) is 0 Å². The van der Waals surface area contributed by atoms with Gasteiger partial charge < -0.3 is 5.11 Å². The van der Waals surface area contributed by atoms with E-state index in [4.69, 9.17) is 5.11 Å². The van der Waals surface area contributed by atoms with Crippen LogP contribution in [-0.2, 0) is 14.4 Å². The van der Waals surface area contributed by atoms with Crippen LogP contribution < -0.4 is 10.9 Å². The molecule has 10 heteroatoms. The Balaban J connectivity index is 4.35. The number of amides is 2. The number of hydrogen-bond acceptors (Lipinski definition) is 4. The molecule has 0 aliphatic carbocycles. The molecule has 3 N–H and O–H groups in total. The van der Waals surface area contributed by atoms with Crippen molar-refractivity contribution in [3.8, 4) is 0 Å². The molecule has 2 amide bonds. The summed E-state index contributed by atoms with van der Waals surface area (Å²) in [7, 11) is 0. The minimum absolute atomic E-state index is 0.388. The fraction of sp³-hybridized carbons (Fsp3) is 0.625. The molecule has 0 saturated heterocycles. The van der Waals surface area contributed by atoms with Crippen molar-refractivity contribution in [3.05, 3.63) is 0 Å². The first-order valence-electron chi connectivity index (χ1n) is 4.66. The van der Waals surface area contributed by atoms with Gasteiger partial charge in [-0.15, -0.1) is 0 Å². The number of carboxylic acids is 1. The lowest BCUT2D eigenvalue weighted by Crippen LogP contribution is -2.48. The van der Waals surface area contributed by atoms with Crippen molar-refractivity contribution in [2.24, 2.45) is 0 Å². The summed E-state index contributed by atoms with van der Waals surface area (Å²) < 4.78 is 36.3. The highest BCUT2D eigenvalue weighted by Crippen LogP contribution is 2.15. The van der Waals surface area contributed by atoms with Crippen LogP contribution in [0.2, 0.25) is 0 Å². The van der Waals surface area contributed by atoms with Crippen LogP contribution in [0.4, 0.5) is 13.2 Å². The third kappa shape index (κ3) is 9.39. The summed E-state index contributed by atoms with van der Waals surface area (Å²) in [4.78, 5) is 32.2. The predicted molar refractivity (Wildman–Crippen MR) is 52.1 cm³/mol. The Labute approximate surface area is 99.9 Å². The van der Waals surface area contributed by atoms with E-state index in [1.807, 2.05) is 10.9 Å². The molecule has 0 fully saturated rings. The van der Waals surface area contributed by atoms with Crippen molar-refractivity contribution in [1.82, 2.24) is 15.8 Å². The lowest BCUT2D eigenvalue weighted by atomic mass is 10.4. The van der Waals surface area contributed by atoms with Crippen LogP contribution in [0.15, 0.2) is 0 Å². The monoisotopic (exact) mass is 271 g/mol. The van der Waals surface area contributed by atoms with E-state index in [2.05, 4.69) is 0 Å². The molecule has 0 aliphatic rings. The predicted octanol–water partition coefficient (Wildman–Crippen LogP) is -0.897. The van der Waals surface area contributed by atoms with Crippen LogP contribution in [0.3, 0.4) is 0 Å². The fourth-order valence-corrected chi connectivity index (χ4v) is 1.01. The molecule has 104 valence electrons. The zero-order chi connectivity index (χ0) is 14.3. The number of halogens is 3. The van der Waals surface area contributed by atoms with Crippen molar-refractivity contribution in [1.29, 1.82) is 0 Å². The van der Waals surface area contributed by atoms with Gasteiger partial charge in [-0.2, -0.15) is 13.2 Å². The maximum atomic E-state index is 12.1. The van der Waals surface area contributed by atoms with Gasteiger partial charge in [-0.25, -0.2) is 0 Å². The smallest absolute Gasteiger partial charge is 0.401 e. The van der Waals surface area contributed by atoms with Crippen LogP contribution in [0.5, 0.6) is 0 Å². The Morgan fingerprint density at radius 1 is 1.17 bits per heavy atom. The number of nitrogens with one attached hydrogen (secondary N) is 2. The van der Waals surface area contributed by atoms with Gasteiger partial charge in [0.1, 0.15) is 0 Å². The fourth-order valence-electron chi connectivity index (χ4n) is 1.01. The van der Waals surface area contributed by atoms with Gasteiger partial charge in [0.25, 0.3) is 5.91 Å². The number of carbonyl (C=O) groups is 3. The van der Waals surface area contributed by atoms with Gasteiger partial charge in [-0.3, -0.25) is 30.1 Å². The molecule has 0 aromatic carbocycles. The Morgan fingerprint density at radius 3 is 2.11 bits per heavy atom. The summed E-state index contributed by atoms with van der Waals surface area (Å²) >= 11 is 0. The van der Waals surface area contributed by atoms with Crippen LogP contribution >= 0.6 is 0 Å². The van der Waals surface area contributed by atoms with Gasteiger partial charge in [-0.1, -0.05) is 0 Å². The molecule has 0 unspecified atom stereocenters. The largest absolute Gasteiger partial charge is 0.480 e. The molecule has 0 aromatic heterocycles. The summed E-state index contributed by atoms with van der Waals surface area (Å²) in [5.74, 6) is -3.05. The Hall–Kier alpha value is -1.84. The lowest BCUT2D eigenvalue weighted by molar-refractivity contribution is -0.155. The van der Waals surface area contributed by atoms with E-state index in [1.165, 1.54) is 0 Å². The molecule has 0 bridgehead atoms. The topological polar surface area (TPSA) is 98.7 Å². The highest BCUT2D eigenvalue weighted by molar-refractivity contribution is 5.82. The number of hydrazine groups is 1. The minimum Gasteiger partial charge on any atom is -0.480 e. The average molecular weight is 271 g/mol. The maximum Gasteiger partial charge on any atom is 0.401 e. The third-order valence-electron chi connectivity index (χ3n) is 1.51. The van der Waals surface area contributed by atoms with E-state index in [9.17, 15) is 27.6 Å². The summed E-state index contributed by atoms with van der Waals surface area (Å²) in [6.45, 7) is -2.18. The molecule has 0 radical (unpaired) electrons. The Bertz CT molecular complexity index is 332. The molecule has 0 atom stereocenters. The van der Waals surface area contributed by atoms with E-state index in [-0.39, 0.29) is 0 Å². The van der Waals surface area contributed by atoms with Crippen LogP contribution in [0.1, 0.15) is 6.92 Å². The summed E-state index contributed by atoms with van der Waals surface area (Å²) in [6.07, 6.45) is -4.62. The van der Waals surface area contributed by atoms with E-state index in [1.54, 1.807) is 0 Å². The van der Waals surface area contributed by atoms with Crippen molar-refractivity contribution < 1.29 is 32.7 Å². The average Bonchev–Trinajstić information content (AvgIpc) is 2.10. The molecular formula is C8H12F3N3O4. The van der Waals surface area contributed by atoms with E-state index < -0.39 is 43.6 Å². The highest BCUT2D eigenvalue weighted by atomic mass is 19.4. The maximum absolute atomic E-state index is 12.1. The first-order valence-corrected chi connectivity index (χ1v) is 4.66.